The van der Waals surface area contributed by atoms with Crippen molar-refractivity contribution in [2.45, 2.75) is 58.8 Å². The highest BCUT2D eigenvalue weighted by molar-refractivity contribution is 5.38. The van der Waals surface area contributed by atoms with Crippen LogP contribution in [0.1, 0.15) is 59.1 Å². The summed E-state index contributed by atoms with van der Waals surface area (Å²) in [5.41, 5.74) is 7.06. The molecule has 0 spiro atoms. The summed E-state index contributed by atoms with van der Waals surface area (Å²) in [6.07, 6.45) is 5.13. The van der Waals surface area contributed by atoms with E-state index in [0.717, 1.165) is 41.9 Å². The molecular weight excluding hydrogens is 271 g/mol. The predicted octanol–water partition coefficient (Wildman–Crippen LogP) is 5.67. The van der Waals surface area contributed by atoms with Crippen molar-refractivity contribution in [2.24, 2.45) is 0 Å². The summed E-state index contributed by atoms with van der Waals surface area (Å²) >= 11 is 0. The third-order valence-electron chi connectivity index (χ3n) is 4.89. The highest BCUT2D eigenvalue weighted by Gasteiger charge is 2.25. The van der Waals surface area contributed by atoms with Gasteiger partial charge in [-0.15, -0.1) is 0 Å². The highest BCUT2D eigenvalue weighted by atomic mass is 19.1. The molecule has 0 aliphatic heterocycles. The Morgan fingerprint density at radius 3 is 2.36 bits per heavy atom. The van der Waals surface area contributed by atoms with Gasteiger partial charge in [0.15, 0.2) is 0 Å². The summed E-state index contributed by atoms with van der Waals surface area (Å²) < 4.78 is 14.6. The molecule has 0 bridgehead atoms. The maximum absolute atomic E-state index is 14.6. The lowest BCUT2D eigenvalue weighted by atomic mass is 9.93. The van der Waals surface area contributed by atoms with Crippen LogP contribution in [-0.4, -0.2) is 0 Å². The van der Waals surface area contributed by atoms with Crippen molar-refractivity contribution in [1.82, 2.24) is 0 Å². The Balaban J connectivity index is 1.81. The third-order valence-corrected chi connectivity index (χ3v) is 4.89. The first-order valence-electron chi connectivity index (χ1n) is 8.46. The molecule has 116 valence electrons. The zero-order chi connectivity index (χ0) is 15.7. The molecule has 0 N–H and O–H groups in total. The number of hydrogen-bond acceptors (Lipinski definition) is 0. The average Bonchev–Trinajstić information content (AvgIpc) is 3.32. The van der Waals surface area contributed by atoms with Gasteiger partial charge in [-0.2, -0.15) is 0 Å². The summed E-state index contributed by atoms with van der Waals surface area (Å²) in [5, 5.41) is 0. The van der Waals surface area contributed by atoms with Gasteiger partial charge in [0.1, 0.15) is 5.82 Å². The fraction of sp³-hybridized carbons (Fsp3) is 0.429. The molecule has 1 fully saturated rings. The van der Waals surface area contributed by atoms with Gasteiger partial charge in [0.05, 0.1) is 0 Å². The van der Waals surface area contributed by atoms with Crippen LogP contribution < -0.4 is 0 Å². The van der Waals surface area contributed by atoms with Crippen LogP contribution >= 0.6 is 0 Å². The normalized spacial score (nSPS) is 14.4. The third kappa shape index (κ3) is 3.09. The van der Waals surface area contributed by atoms with Crippen molar-refractivity contribution in [2.75, 3.05) is 0 Å². The SMILES string of the molecule is CCc1c(C)ccc(CCc2ccc(C)cc2C2CC2)c1F. The van der Waals surface area contributed by atoms with Gasteiger partial charge in [-0.3, -0.25) is 0 Å². The van der Waals surface area contributed by atoms with E-state index in [0.29, 0.717) is 0 Å². The van der Waals surface area contributed by atoms with Gasteiger partial charge in [0.25, 0.3) is 0 Å². The number of hydrogen-bond donors (Lipinski definition) is 0. The predicted molar refractivity (Wildman–Crippen MR) is 91.1 cm³/mol. The molecule has 2 aromatic carbocycles. The number of rotatable bonds is 5. The van der Waals surface area contributed by atoms with E-state index in [2.05, 4.69) is 31.2 Å². The summed E-state index contributed by atoms with van der Waals surface area (Å²) in [7, 11) is 0. The Kier molecular flexibility index (Phi) is 4.33. The van der Waals surface area contributed by atoms with Crippen LogP contribution in [0.5, 0.6) is 0 Å². The van der Waals surface area contributed by atoms with E-state index in [9.17, 15) is 4.39 Å². The molecule has 22 heavy (non-hydrogen) atoms. The lowest BCUT2D eigenvalue weighted by molar-refractivity contribution is 0.591. The molecule has 0 heterocycles. The second-order valence-electron chi connectivity index (χ2n) is 6.66. The lowest BCUT2D eigenvalue weighted by Crippen LogP contribution is -2.02. The van der Waals surface area contributed by atoms with Crippen molar-refractivity contribution in [3.63, 3.8) is 0 Å². The Labute approximate surface area is 133 Å². The molecule has 1 saturated carbocycles. The fourth-order valence-electron chi connectivity index (χ4n) is 3.38. The quantitative estimate of drug-likeness (QED) is 0.667. The van der Waals surface area contributed by atoms with Crippen LogP contribution in [0.2, 0.25) is 0 Å². The van der Waals surface area contributed by atoms with E-state index in [4.69, 9.17) is 0 Å². The molecule has 1 heteroatoms. The van der Waals surface area contributed by atoms with Crippen molar-refractivity contribution in [1.29, 1.82) is 0 Å². The zero-order valence-corrected chi connectivity index (χ0v) is 13.9. The fourth-order valence-corrected chi connectivity index (χ4v) is 3.38. The van der Waals surface area contributed by atoms with E-state index in [1.165, 1.54) is 29.5 Å². The Hall–Kier alpha value is -1.63. The second-order valence-corrected chi connectivity index (χ2v) is 6.66. The number of aryl methyl sites for hydroxylation is 4. The minimum Gasteiger partial charge on any atom is -0.206 e. The summed E-state index contributed by atoms with van der Waals surface area (Å²) in [6, 6.07) is 10.8. The van der Waals surface area contributed by atoms with E-state index in [1.807, 2.05) is 19.9 Å². The minimum atomic E-state index is 0.0163. The molecule has 1 aliphatic carbocycles. The Morgan fingerprint density at radius 1 is 1.00 bits per heavy atom. The van der Waals surface area contributed by atoms with Crippen molar-refractivity contribution in [3.05, 3.63) is 69.5 Å². The molecule has 0 saturated heterocycles. The molecule has 0 unspecified atom stereocenters. The summed E-state index contributed by atoms with van der Waals surface area (Å²) in [4.78, 5) is 0. The Bertz CT molecular complexity index is 681. The van der Waals surface area contributed by atoms with Gasteiger partial charge >= 0.3 is 0 Å². The lowest BCUT2D eigenvalue weighted by Gasteiger charge is -2.13. The first-order chi connectivity index (χ1) is 10.6. The molecule has 0 nitrogen and oxygen atoms in total. The van der Waals surface area contributed by atoms with E-state index in [1.54, 1.807) is 0 Å². The second kappa shape index (κ2) is 6.24. The monoisotopic (exact) mass is 296 g/mol. The summed E-state index contributed by atoms with van der Waals surface area (Å²) in [6.45, 7) is 6.18. The van der Waals surface area contributed by atoms with Crippen molar-refractivity contribution < 1.29 is 4.39 Å². The van der Waals surface area contributed by atoms with Gasteiger partial charge in [-0.25, -0.2) is 4.39 Å². The molecule has 2 aromatic rings. The average molecular weight is 296 g/mol. The van der Waals surface area contributed by atoms with Gasteiger partial charge in [0.2, 0.25) is 0 Å². The van der Waals surface area contributed by atoms with Crippen LogP contribution in [0, 0.1) is 19.7 Å². The van der Waals surface area contributed by atoms with Crippen LogP contribution in [-0.2, 0) is 19.3 Å². The van der Waals surface area contributed by atoms with E-state index >= 15 is 0 Å². The molecule has 0 radical (unpaired) electrons. The Morgan fingerprint density at radius 2 is 1.68 bits per heavy atom. The van der Waals surface area contributed by atoms with Crippen LogP contribution in [0.15, 0.2) is 30.3 Å². The number of benzene rings is 2. The van der Waals surface area contributed by atoms with E-state index < -0.39 is 0 Å². The van der Waals surface area contributed by atoms with Gasteiger partial charge in [-0.05, 0) is 79.7 Å². The topological polar surface area (TPSA) is 0 Å². The zero-order valence-electron chi connectivity index (χ0n) is 13.9. The maximum Gasteiger partial charge on any atom is 0.129 e. The minimum absolute atomic E-state index is 0.0163. The van der Waals surface area contributed by atoms with Crippen LogP contribution in [0.3, 0.4) is 0 Å². The van der Waals surface area contributed by atoms with Crippen LogP contribution in [0.25, 0.3) is 0 Å². The van der Waals surface area contributed by atoms with E-state index in [-0.39, 0.29) is 5.82 Å². The van der Waals surface area contributed by atoms with Crippen molar-refractivity contribution >= 4 is 0 Å². The molecule has 0 amide bonds. The smallest absolute Gasteiger partial charge is 0.129 e. The van der Waals surface area contributed by atoms with Crippen molar-refractivity contribution in [3.8, 4) is 0 Å². The first kappa shape index (κ1) is 15.3. The largest absolute Gasteiger partial charge is 0.206 e. The van der Waals surface area contributed by atoms with Gasteiger partial charge < -0.3 is 0 Å². The highest BCUT2D eigenvalue weighted by Crippen LogP contribution is 2.42. The maximum atomic E-state index is 14.6. The molecule has 3 rings (SSSR count). The standard InChI is InChI=1S/C21H25F/c1-4-19-15(3)6-8-18(21(19)22)12-11-16-7-5-14(2)13-20(16)17-9-10-17/h5-8,13,17H,4,9-12H2,1-3H3. The van der Waals surface area contributed by atoms with Crippen LogP contribution in [0.4, 0.5) is 4.39 Å². The molecule has 0 atom stereocenters. The molecule has 1 aliphatic rings. The summed E-state index contributed by atoms with van der Waals surface area (Å²) in [5.74, 6) is 0.770. The molecular formula is C21H25F. The van der Waals surface area contributed by atoms with Gasteiger partial charge in [-0.1, -0.05) is 42.8 Å². The molecule has 0 aromatic heterocycles. The van der Waals surface area contributed by atoms with Gasteiger partial charge in [0, 0.05) is 0 Å². The first-order valence-corrected chi connectivity index (χ1v) is 8.46. The number of halogens is 1.